The number of halogens is 6. The number of nitriles is 1. The quantitative estimate of drug-likeness (QED) is 0.375. The van der Waals surface area contributed by atoms with Crippen molar-refractivity contribution in [2.45, 2.75) is 7.71 Å². The topological polar surface area (TPSA) is 27.0 Å². The predicted molar refractivity (Wildman–Crippen MR) is 97.2 cm³/mol. The monoisotopic (exact) mass is 432 g/mol. The van der Waals surface area contributed by atoms with Crippen LogP contribution in [0.1, 0.15) is 11.1 Å². The van der Waals surface area contributed by atoms with Crippen molar-refractivity contribution in [3.05, 3.63) is 52.7 Å². The third-order valence-corrected chi connectivity index (χ3v) is 5.33. The molecule has 0 spiro atoms. The first-order valence-electron chi connectivity index (χ1n) is 5.65. The van der Waals surface area contributed by atoms with Crippen molar-refractivity contribution in [2.24, 2.45) is 0 Å². The second kappa shape index (κ2) is 6.91. The molecule has 0 aromatic heterocycles. The van der Waals surface area contributed by atoms with Gasteiger partial charge in [0, 0.05) is 17.3 Å². The van der Waals surface area contributed by atoms with Crippen LogP contribution < -0.4 is 0 Å². The van der Waals surface area contributed by atoms with E-state index in [1.54, 1.807) is 30.5 Å². The maximum atomic E-state index is 8.84. The number of hydrogen-bond acceptors (Lipinski definition) is 3. The first-order chi connectivity index (χ1) is 10.1. The van der Waals surface area contributed by atoms with Crippen LogP contribution in [0, 0.1) is 11.3 Å². The minimum Gasteiger partial charge on any atom is -0.308 e. The van der Waals surface area contributed by atoms with Crippen molar-refractivity contribution in [3.8, 4) is 6.07 Å². The summed E-state index contributed by atoms with van der Waals surface area (Å²) in [5, 5.41) is 8.84. The lowest BCUT2D eigenvalue weighted by molar-refractivity contribution is 0.519. The van der Waals surface area contributed by atoms with E-state index in [-0.39, 0.29) is 0 Å². The molecule has 2 rings (SSSR count). The summed E-state index contributed by atoms with van der Waals surface area (Å²) in [5.41, 5.74) is 1.35. The molecular formula is C13H6Cl6N2S. The summed E-state index contributed by atoms with van der Waals surface area (Å²) in [7, 11) is 0. The highest BCUT2D eigenvalue weighted by atomic mass is 35.6. The Kier molecular flexibility index (Phi) is 5.78. The smallest absolute Gasteiger partial charge is 0.271 e. The van der Waals surface area contributed by atoms with Crippen LogP contribution in [-0.4, -0.2) is 12.6 Å². The summed E-state index contributed by atoms with van der Waals surface area (Å²) in [5.74, 6) is 0. The Morgan fingerprint density at radius 3 is 2.00 bits per heavy atom. The number of allylic oxidation sites excluding steroid dienone is 1. The first-order valence-corrected chi connectivity index (χ1v) is 8.74. The maximum Gasteiger partial charge on any atom is 0.271 e. The van der Waals surface area contributed by atoms with Crippen LogP contribution in [0.2, 0.25) is 0 Å². The van der Waals surface area contributed by atoms with E-state index >= 15 is 0 Å². The Morgan fingerprint density at radius 2 is 1.55 bits per heavy atom. The van der Waals surface area contributed by atoms with E-state index in [9.17, 15) is 0 Å². The van der Waals surface area contributed by atoms with Crippen LogP contribution in [0.3, 0.4) is 0 Å². The van der Waals surface area contributed by atoms with Crippen LogP contribution in [-0.2, 0) is 0 Å². The molecule has 0 unspecified atom stereocenters. The molecule has 0 aliphatic carbocycles. The van der Waals surface area contributed by atoms with E-state index < -0.39 is 7.71 Å². The molecule has 0 radical (unpaired) electrons. The second-order valence-corrected chi connectivity index (χ2v) is 9.74. The zero-order valence-electron chi connectivity index (χ0n) is 10.5. The van der Waals surface area contributed by atoms with Gasteiger partial charge in [-0.3, -0.25) is 0 Å². The minimum atomic E-state index is -1.72. The SMILES string of the molecule is N#Cc1ccc(C2=CN(C(Cl)(Cl)Cl)C=C(C(Cl)(Cl)Cl)S2)cc1. The van der Waals surface area contributed by atoms with Gasteiger partial charge in [-0.25, -0.2) is 0 Å². The lowest BCUT2D eigenvalue weighted by Gasteiger charge is -2.31. The highest BCUT2D eigenvalue weighted by molar-refractivity contribution is 8.12. The Labute approximate surface area is 162 Å². The fraction of sp³-hybridized carbons (Fsp3) is 0.154. The molecule has 1 aliphatic heterocycles. The highest BCUT2D eigenvalue weighted by Crippen LogP contribution is 2.50. The average Bonchev–Trinajstić information content (AvgIpc) is 2.45. The number of thioether (sulfide) groups is 1. The van der Waals surface area contributed by atoms with Crippen LogP contribution in [0.5, 0.6) is 0 Å². The number of benzene rings is 1. The molecule has 1 heterocycles. The van der Waals surface area contributed by atoms with E-state index in [0.717, 1.165) is 10.5 Å². The average molecular weight is 435 g/mol. The largest absolute Gasteiger partial charge is 0.308 e. The van der Waals surface area contributed by atoms with Crippen LogP contribution in [0.15, 0.2) is 41.6 Å². The molecule has 2 nitrogen and oxygen atoms in total. The van der Waals surface area contributed by atoms with E-state index in [1.807, 2.05) is 6.07 Å². The van der Waals surface area contributed by atoms with Gasteiger partial charge in [-0.1, -0.05) is 93.5 Å². The van der Waals surface area contributed by atoms with Crippen molar-refractivity contribution < 1.29 is 0 Å². The Morgan fingerprint density at radius 1 is 0.955 bits per heavy atom. The van der Waals surface area contributed by atoms with Gasteiger partial charge in [0.1, 0.15) is 0 Å². The fourth-order valence-corrected chi connectivity index (χ4v) is 3.31. The Bertz CT molecular complexity index is 664. The Hall–Kier alpha value is 0.0800. The van der Waals surface area contributed by atoms with E-state index in [1.165, 1.54) is 22.9 Å². The van der Waals surface area contributed by atoms with Gasteiger partial charge in [-0.15, -0.1) is 0 Å². The zero-order valence-corrected chi connectivity index (χ0v) is 15.9. The van der Waals surface area contributed by atoms with Gasteiger partial charge in [-0.05, 0) is 17.7 Å². The molecule has 1 aromatic carbocycles. The molecule has 0 saturated carbocycles. The normalized spacial score (nSPS) is 16.0. The lowest BCUT2D eigenvalue weighted by Crippen LogP contribution is -2.28. The van der Waals surface area contributed by atoms with E-state index in [2.05, 4.69) is 0 Å². The molecular weight excluding hydrogens is 429 g/mol. The van der Waals surface area contributed by atoms with Crippen LogP contribution in [0.25, 0.3) is 4.91 Å². The number of hydrogen-bond donors (Lipinski definition) is 0. The van der Waals surface area contributed by atoms with Gasteiger partial charge in [0.05, 0.1) is 16.5 Å². The van der Waals surface area contributed by atoms with Crippen molar-refractivity contribution in [3.63, 3.8) is 0 Å². The summed E-state index contributed by atoms with van der Waals surface area (Å²) in [6.45, 7) is 0. The molecule has 0 saturated heterocycles. The lowest BCUT2D eigenvalue weighted by atomic mass is 10.1. The zero-order chi connectivity index (χ0) is 16.5. The second-order valence-electron chi connectivity index (χ2n) is 4.15. The third kappa shape index (κ3) is 4.55. The number of rotatable bonds is 1. The summed E-state index contributed by atoms with van der Waals surface area (Å²) in [4.78, 5) is 2.45. The highest BCUT2D eigenvalue weighted by Gasteiger charge is 2.35. The summed E-state index contributed by atoms with van der Waals surface area (Å²) in [6, 6.07) is 8.96. The Balaban J connectivity index is 2.42. The van der Waals surface area contributed by atoms with Gasteiger partial charge in [-0.2, -0.15) is 5.26 Å². The molecule has 0 bridgehead atoms. The van der Waals surface area contributed by atoms with Crippen molar-refractivity contribution >= 4 is 86.3 Å². The maximum absolute atomic E-state index is 8.84. The van der Waals surface area contributed by atoms with Crippen molar-refractivity contribution in [1.29, 1.82) is 5.26 Å². The summed E-state index contributed by atoms with van der Waals surface area (Å²) < 4.78 is -3.37. The van der Waals surface area contributed by atoms with Gasteiger partial charge >= 0.3 is 0 Å². The standard InChI is InChI=1S/C13H6Cl6N2S/c14-12(15,16)11-7-21(13(17,18)19)6-10(22-11)9-3-1-8(5-20)2-4-9/h1-4,6-7H. The van der Waals surface area contributed by atoms with Crippen LogP contribution >= 0.6 is 81.4 Å². The van der Waals surface area contributed by atoms with Gasteiger partial charge < -0.3 is 4.90 Å². The molecule has 0 amide bonds. The summed E-state index contributed by atoms with van der Waals surface area (Å²) >= 11 is 36.8. The number of nitrogens with zero attached hydrogens (tertiary/aromatic N) is 2. The predicted octanol–water partition coefficient (Wildman–Crippen LogP) is 6.44. The summed E-state index contributed by atoms with van der Waals surface area (Å²) in [6.07, 6.45) is 3.11. The molecule has 1 aromatic rings. The molecule has 1 aliphatic rings. The van der Waals surface area contributed by atoms with Crippen molar-refractivity contribution in [1.82, 2.24) is 4.90 Å². The third-order valence-electron chi connectivity index (χ3n) is 2.60. The molecule has 22 heavy (non-hydrogen) atoms. The number of alkyl halides is 6. The molecule has 0 fully saturated rings. The van der Waals surface area contributed by atoms with Crippen molar-refractivity contribution in [2.75, 3.05) is 0 Å². The van der Waals surface area contributed by atoms with Crippen LogP contribution in [0.4, 0.5) is 0 Å². The molecule has 9 heteroatoms. The minimum absolute atomic E-state index is 0.394. The van der Waals surface area contributed by atoms with Gasteiger partial charge in [0.2, 0.25) is 3.79 Å². The first kappa shape index (κ1) is 18.4. The van der Waals surface area contributed by atoms with E-state index in [0.29, 0.717) is 10.5 Å². The molecule has 116 valence electrons. The van der Waals surface area contributed by atoms with E-state index in [4.69, 9.17) is 74.9 Å². The molecule has 0 N–H and O–H groups in total. The molecule has 0 atom stereocenters. The van der Waals surface area contributed by atoms with Gasteiger partial charge in [0.15, 0.2) is 0 Å². The van der Waals surface area contributed by atoms with Gasteiger partial charge in [0.25, 0.3) is 3.92 Å². The fourth-order valence-electron chi connectivity index (χ4n) is 1.58.